The third-order valence-electron chi connectivity index (χ3n) is 3.33. The maximum Gasteiger partial charge on any atom is 0.251 e. The van der Waals surface area contributed by atoms with E-state index in [-0.39, 0.29) is 5.91 Å². The molecule has 104 valence electrons. The molecule has 3 nitrogen and oxygen atoms in total. The highest BCUT2D eigenvalue weighted by molar-refractivity contribution is 5.94. The van der Waals surface area contributed by atoms with E-state index in [2.05, 4.69) is 37.4 Å². The summed E-state index contributed by atoms with van der Waals surface area (Å²) in [6.45, 7) is 4.79. The molecule has 0 aliphatic rings. The zero-order chi connectivity index (χ0) is 14.5. The first-order valence-corrected chi connectivity index (χ1v) is 6.76. The molecule has 0 spiro atoms. The summed E-state index contributed by atoms with van der Waals surface area (Å²) >= 11 is 0. The van der Waals surface area contributed by atoms with Gasteiger partial charge in [0.1, 0.15) is 0 Å². The van der Waals surface area contributed by atoms with Crippen LogP contribution in [0.3, 0.4) is 0 Å². The van der Waals surface area contributed by atoms with Gasteiger partial charge < -0.3 is 11.1 Å². The zero-order valence-electron chi connectivity index (χ0n) is 11.9. The minimum Gasteiger partial charge on any atom is -0.399 e. The number of nitrogens with one attached hydrogen (secondary N) is 1. The Bertz CT molecular complexity index is 620. The van der Waals surface area contributed by atoms with Crippen molar-refractivity contribution in [2.75, 3.05) is 12.3 Å². The Labute approximate surface area is 119 Å². The van der Waals surface area contributed by atoms with Crippen LogP contribution in [0, 0.1) is 13.8 Å². The van der Waals surface area contributed by atoms with Crippen molar-refractivity contribution in [2.45, 2.75) is 20.3 Å². The molecule has 1 amide bonds. The summed E-state index contributed by atoms with van der Waals surface area (Å²) < 4.78 is 0. The van der Waals surface area contributed by atoms with E-state index in [4.69, 9.17) is 5.73 Å². The molecule has 0 aliphatic carbocycles. The summed E-state index contributed by atoms with van der Waals surface area (Å²) in [5.41, 5.74) is 10.7. The van der Waals surface area contributed by atoms with Crippen LogP contribution in [0.4, 0.5) is 5.69 Å². The SMILES string of the molecule is Cc1ccc(C)c(CCNC(=O)c2cccc(N)c2)c1. The van der Waals surface area contributed by atoms with Crippen LogP contribution in [0.2, 0.25) is 0 Å². The Morgan fingerprint density at radius 1 is 1.15 bits per heavy atom. The highest BCUT2D eigenvalue weighted by atomic mass is 16.1. The Kier molecular flexibility index (Phi) is 4.41. The highest BCUT2D eigenvalue weighted by Crippen LogP contribution is 2.11. The molecule has 3 N–H and O–H groups in total. The molecule has 2 aromatic carbocycles. The molecular formula is C17H20N2O. The van der Waals surface area contributed by atoms with Crippen LogP contribution in [0.25, 0.3) is 0 Å². The van der Waals surface area contributed by atoms with Crippen LogP contribution in [-0.4, -0.2) is 12.5 Å². The van der Waals surface area contributed by atoms with E-state index >= 15 is 0 Å². The van der Waals surface area contributed by atoms with Crippen molar-refractivity contribution in [1.82, 2.24) is 5.32 Å². The number of benzene rings is 2. The van der Waals surface area contributed by atoms with Gasteiger partial charge in [-0.05, 0) is 49.6 Å². The van der Waals surface area contributed by atoms with E-state index < -0.39 is 0 Å². The molecule has 2 rings (SSSR count). The van der Waals surface area contributed by atoms with Gasteiger partial charge in [0.15, 0.2) is 0 Å². The fourth-order valence-electron chi connectivity index (χ4n) is 2.16. The maximum atomic E-state index is 12.0. The van der Waals surface area contributed by atoms with Crippen molar-refractivity contribution in [3.05, 3.63) is 64.7 Å². The molecule has 0 saturated heterocycles. The van der Waals surface area contributed by atoms with Gasteiger partial charge in [0.25, 0.3) is 5.91 Å². The Morgan fingerprint density at radius 3 is 2.70 bits per heavy atom. The van der Waals surface area contributed by atoms with E-state index in [1.54, 1.807) is 24.3 Å². The second kappa shape index (κ2) is 6.24. The average molecular weight is 268 g/mol. The number of amides is 1. The minimum atomic E-state index is -0.0809. The molecule has 2 aromatic rings. The molecule has 3 heteroatoms. The third kappa shape index (κ3) is 3.60. The van der Waals surface area contributed by atoms with Crippen LogP contribution < -0.4 is 11.1 Å². The van der Waals surface area contributed by atoms with Crippen LogP contribution in [-0.2, 0) is 6.42 Å². The van der Waals surface area contributed by atoms with Crippen molar-refractivity contribution < 1.29 is 4.79 Å². The smallest absolute Gasteiger partial charge is 0.251 e. The number of aryl methyl sites for hydroxylation is 2. The van der Waals surface area contributed by atoms with E-state index in [0.717, 1.165) is 6.42 Å². The minimum absolute atomic E-state index is 0.0809. The summed E-state index contributed by atoms with van der Waals surface area (Å²) in [6.07, 6.45) is 0.835. The van der Waals surface area contributed by atoms with Crippen molar-refractivity contribution >= 4 is 11.6 Å². The molecule has 0 saturated carbocycles. The Balaban J connectivity index is 1.93. The van der Waals surface area contributed by atoms with E-state index in [0.29, 0.717) is 17.8 Å². The lowest BCUT2D eigenvalue weighted by atomic mass is 10.0. The maximum absolute atomic E-state index is 12.0. The van der Waals surface area contributed by atoms with Crippen LogP contribution in [0.1, 0.15) is 27.0 Å². The first-order chi connectivity index (χ1) is 9.56. The number of nitrogen functional groups attached to an aromatic ring is 1. The van der Waals surface area contributed by atoms with Gasteiger partial charge in [0.05, 0.1) is 0 Å². The summed E-state index contributed by atoms with van der Waals surface area (Å²) in [5.74, 6) is -0.0809. The number of carbonyl (C=O) groups is 1. The number of rotatable bonds is 4. The molecule has 0 aliphatic heterocycles. The fraction of sp³-hybridized carbons (Fsp3) is 0.235. The molecule has 0 aromatic heterocycles. The zero-order valence-corrected chi connectivity index (χ0v) is 11.9. The summed E-state index contributed by atoms with van der Waals surface area (Å²) in [4.78, 5) is 12.0. The Hall–Kier alpha value is -2.29. The molecule has 0 heterocycles. The predicted molar refractivity (Wildman–Crippen MR) is 82.8 cm³/mol. The van der Waals surface area contributed by atoms with Crippen LogP contribution in [0.15, 0.2) is 42.5 Å². The molecule has 20 heavy (non-hydrogen) atoms. The number of carbonyl (C=O) groups excluding carboxylic acids is 1. The standard InChI is InChI=1S/C17H20N2O/c1-12-6-7-13(2)14(10-12)8-9-19-17(20)15-4-3-5-16(18)11-15/h3-7,10-11H,8-9,18H2,1-2H3,(H,19,20). The van der Waals surface area contributed by atoms with Gasteiger partial charge in [-0.15, -0.1) is 0 Å². The lowest BCUT2D eigenvalue weighted by Gasteiger charge is -2.09. The lowest BCUT2D eigenvalue weighted by molar-refractivity contribution is 0.0954. The van der Waals surface area contributed by atoms with Gasteiger partial charge in [0, 0.05) is 17.8 Å². The monoisotopic (exact) mass is 268 g/mol. The summed E-state index contributed by atoms with van der Waals surface area (Å²) in [7, 11) is 0. The number of hydrogen-bond acceptors (Lipinski definition) is 2. The fourth-order valence-corrected chi connectivity index (χ4v) is 2.16. The van der Waals surface area contributed by atoms with Gasteiger partial charge in [-0.2, -0.15) is 0 Å². The highest BCUT2D eigenvalue weighted by Gasteiger charge is 2.05. The number of nitrogens with two attached hydrogens (primary N) is 1. The van der Waals surface area contributed by atoms with Crippen molar-refractivity contribution in [1.29, 1.82) is 0 Å². The third-order valence-corrected chi connectivity index (χ3v) is 3.33. The molecule has 0 bridgehead atoms. The first-order valence-electron chi connectivity index (χ1n) is 6.76. The average Bonchev–Trinajstić information content (AvgIpc) is 2.42. The molecule has 0 radical (unpaired) electrons. The van der Waals surface area contributed by atoms with E-state index in [1.165, 1.54) is 16.7 Å². The van der Waals surface area contributed by atoms with Gasteiger partial charge in [-0.25, -0.2) is 0 Å². The topological polar surface area (TPSA) is 55.1 Å². The predicted octanol–water partition coefficient (Wildman–Crippen LogP) is 2.86. The quantitative estimate of drug-likeness (QED) is 0.838. The van der Waals surface area contributed by atoms with Crippen molar-refractivity contribution in [3.8, 4) is 0 Å². The summed E-state index contributed by atoms with van der Waals surface area (Å²) in [5, 5.41) is 2.93. The largest absolute Gasteiger partial charge is 0.399 e. The summed E-state index contributed by atoms with van der Waals surface area (Å²) in [6, 6.07) is 13.4. The number of anilines is 1. The number of hydrogen-bond donors (Lipinski definition) is 2. The second-order valence-corrected chi connectivity index (χ2v) is 5.06. The normalized spacial score (nSPS) is 10.3. The van der Waals surface area contributed by atoms with Gasteiger partial charge in [-0.1, -0.05) is 29.8 Å². The lowest BCUT2D eigenvalue weighted by Crippen LogP contribution is -2.25. The van der Waals surface area contributed by atoms with E-state index in [1.807, 2.05) is 0 Å². The van der Waals surface area contributed by atoms with Gasteiger partial charge in [0.2, 0.25) is 0 Å². The molecule has 0 atom stereocenters. The van der Waals surface area contributed by atoms with Crippen molar-refractivity contribution in [2.24, 2.45) is 0 Å². The van der Waals surface area contributed by atoms with Crippen LogP contribution in [0.5, 0.6) is 0 Å². The van der Waals surface area contributed by atoms with Crippen LogP contribution >= 0.6 is 0 Å². The van der Waals surface area contributed by atoms with Gasteiger partial charge >= 0.3 is 0 Å². The second-order valence-electron chi connectivity index (χ2n) is 5.06. The van der Waals surface area contributed by atoms with Gasteiger partial charge in [-0.3, -0.25) is 4.79 Å². The van der Waals surface area contributed by atoms with E-state index in [9.17, 15) is 4.79 Å². The molecule has 0 fully saturated rings. The Morgan fingerprint density at radius 2 is 1.95 bits per heavy atom. The molecule has 0 unspecified atom stereocenters. The molecular weight excluding hydrogens is 248 g/mol. The first kappa shape index (κ1) is 14.1. The van der Waals surface area contributed by atoms with Crippen molar-refractivity contribution in [3.63, 3.8) is 0 Å².